The van der Waals surface area contributed by atoms with Crippen molar-refractivity contribution in [2.45, 2.75) is 35.3 Å². The summed E-state index contributed by atoms with van der Waals surface area (Å²) in [5.74, 6) is -0.183. The molecule has 12 heteroatoms. The molecule has 0 bridgehead atoms. The molecule has 1 aliphatic rings. The highest BCUT2D eigenvalue weighted by Gasteiger charge is 2.29. The number of para-hydroxylation sites is 1. The van der Waals surface area contributed by atoms with Crippen molar-refractivity contribution in [2.24, 2.45) is 0 Å². The summed E-state index contributed by atoms with van der Waals surface area (Å²) in [7, 11) is -8.02. The van der Waals surface area contributed by atoms with Gasteiger partial charge in [-0.2, -0.15) is 4.31 Å². The van der Waals surface area contributed by atoms with Gasteiger partial charge in [-0.15, -0.1) is 0 Å². The number of benzene rings is 2. The predicted octanol–water partition coefficient (Wildman–Crippen LogP) is 2.57. The van der Waals surface area contributed by atoms with Crippen molar-refractivity contribution in [3.8, 4) is 0 Å². The van der Waals surface area contributed by atoms with E-state index < -0.39 is 32.5 Å². The average Bonchev–Trinajstić information content (AvgIpc) is 3.58. The van der Waals surface area contributed by atoms with Gasteiger partial charge in [-0.1, -0.05) is 18.2 Å². The van der Waals surface area contributed by atoms with Crippen molar-refractivity contribution in [3.63, 3.8) is 0 Å². The largest absolute Gasteiger partial charge is 0.468 e. The quantitative estimate of drug-likeness (QED) is 0.387. The van der Waals surface area contributed by atoms with Crippen LogP contribution < -0.4 is 10.0 Å². The highest BCUT2D eigenvalue weighted by molar-refractivity contribution is 7.89. The number of carbonyl (C=O) groups excluding carboxylic acids is 1. The number of rotatable bonds is 11. The van der Waals surface area contributed by atoms with E-state index in [9.17, 15) is 21.6 Å². The van der Waals surface area contributed by atoms with Gasteiger partial charge in [0.1, 0.15) is 5.76 Å². The number of hydrogen-bond donors (Lipinski definition) is 2. The lowest BCUT2D eigenvalue weighted by Crippen LogP contribution is -2.37. The minimum Gasteiger partial charge on any atom is -0.468 e. The van der Waals surface area contributed by atoms with Crippen LogP contribution in [0.5, 0.6) is 0 Å². The van der Waals surface area contributed by atoms with Gasteiger partial charge in [0.05, 0.1) is 35.2 Å². The summed E-state index contributed by atoms with van der Waals surface area (Å²) in [4.78, 5) is 12.4. The summed E-state index contributed by atoms with van der Waals surface area (Å²) in [6.45, 7) is 0.105. The molecule has 2 heterocycles. The predicted molar refractivity (Wildman–Crippen MR) is 132 cm³/mol. The lowest BCUT2D eigenvalue weighted by molar-refractivity contribution is -0.116. The molecule has 1 unspecified atom stereocenters. The first-order valence-corrected chi connectivity index (χ1v) is 14.3. The highest BCUT2D eigenvalue weighted by Crippen LogP contribution is 2.21. The Kier molecular flexibility index (Phi) is 8.21. The maximum Gasteiger partial charge on any atom is 0.243 e. The summed E-state index contributed by atoms with van der Waals surface area (Å²) >= 11 is 0. The van der Waals surface area contributed by atoms with Gasteiger partial charge in [0.2, 0.25) is 26.0 Å². The second-order valence-corrected chi connectivity index (χ2v) is 11.9. The summed E-state index contributed by atoms with van der Waals surface area (Å²) in [5, 5.41) is 2.67. The van der Waals surface area contributed by atoms with Crippen LogP contribution in [0.2, 0.25) is 0 Å². The van der Waals surface area contributed by atoms with Crippen molar-refractivity contribution in [1.82, 2.24) is 9.03 Å². The van der Waals surface area contributed by atoms with E-state index in [-0.39, 0.29) is 29.0 Å². The molecule has 1 atom stereocenters. The average molecular weight is 534 g/mol. The first-order valence-electron chi connectivity index (χ1n) is 11.3. The second kappa shape index (κ2) is 11.4. The monoisotopic (exact) mass is 533 g/mol. The van der Waals surface area contributed by atoms with Gasteiger partial charge in [0.15, 0.2) is 0 Å². The van der Waals surface area contributed by atoms with E-state index in [1.54, 1.807) is 42.5 Å². The van der Waals surface area contributed by atoms with Crippen molar-refractivity contribution in [1.29, 1.82) is 0 Å². The Morgan fingerprint density at radius 2 is 1.67 bits per heavy atom. The molecule has 4 rings (SSSR count). The lowest BCUT2D eigenvalue weighted by Gasteiger charge is -2.21. The molecule has 1 amide bonds. The van der Waals surface area contributed by atoms with Gasteiger partial charge in [0, 0.05) is 18.8 Å². The van der Waals surface area contributed by atoms with Crippen LogP contribution in [0.4, 0.5) is 5.69 Å². The van der Waals surface area contributed by atoms with Gasteiger partial charge in [-0.3, -0.25) is 4.79 Å². The molecule has 1 aliphatic heterocycles. The number of nitrogens with zero attached hydrogens (tertiary/aromatic N) is 1. The van der Waals surface area contributed by atoms with Crippen LogP contribution in [0.3, 0.4) is 0 Å². The molecule has 36 heavy (non-hydrogen) atoms. The zero-order valence-corrected chi connectivity index (χ0v) is 21.0. The Hall–Kier alpha value is -3.03. The molecule has 2 N–H and O–H groups in total. The smallest absolute Gasteiger partial charge is 0.243 e. The third kappa shape index (κ3) is 6.59. The van der Waals surface area contributed by atoms with E-state index in [0.717, 1.165) is 17.1 Å². The fraction of sp³-hybridized carbons (Fsp3) is 0.292. The number of sulfonamides is 2. The van der Waals surface area contributed by atoms with Gasteiger partial charge in [-0.05, 0) is 61.4 Å². The molecular weight excluding hydrogens is 506 g/mol. The summed E-state index contributed by atoms with van der Waals surface area (Å²) in [6, 6.07) is 16.8. The highest BCUT2D eigenvalue weighted by atomic mass is 32.2. The molecule has 1 aromatic heterocycles. The third-order valence-corrected chi connectivity index (χ3v) is 8.83. The Balaban J connectivity index is 1.51. The van der Waals surface area contributed by atoms with Crippen LogP contribution in [0, 0.1) is 0 Å². The molecular formula is C24H27N3O7S2. The Morgan fingerprint density at radius 3 is 2.31 bits per heavy atom. The maximum atomic E-state index is 13.4. The Labute approximate surface area is 210 Å². The van der Waals surface area contributed by atoms with Gasteiger partial charge >= 0.3 is 0 Å². The van der Waals surface area contributed by atoms with E-state index in [1.807, 2.05) is 0 Å². The van der Waals surface area contributed by atoms with Crippen LogP contribution in [0.25, 0.3) is 0 Å². The molecule has 1 saturated heterocycles. The number of carbonyl (C=O) groups is 1. The number of amides is 1. The lowest BCUT2D eigenvalue weighted by atomic mass is 10.2. The molecule has 1 fully saturated rings. The second-order valence-electron chi connectivity index (χ2n) is 8.22. The number of nitrogens with one attached hydrogen (secondary N) is 2. The van der Waals surface area contributed by atoms with Crippen LogP contribution in [-0.4, -0.2) is 52.8 Å². The molecule has 3 aromatic rings. The Bertz CT molecular complexity index is 1350. The van der Waals surface area contributed by atoms with E-state index in [4.69, 9.17) is 9.15 Å². The number of ether oxygens (including phenoxy) is 1. The summed E-state index contributed by atoms with van der Waals surface area (Å²) in [5.41, 5.74) is 0.530. The minimum atomic E-state index is -4.17. The van der Waals surface area contributed by atoms with Crippen LogP contribution in [0.1, 0.15) is 18.6 Å². The molecule has 10 nitrogen and oxygen atoms in total. The van der Waals surface area contributed by atoms with Crippen LogP contribution >= 0.6 is 0 Å². The van der Waals surface area contributed by atoms with Crippen LogP contribution in [0.15, 0.2) is 87.2 Å². The molecule has 0 spiro atoms. The zero-order valence-electron chi connectivity index (χ0n) is 19.4. The topological polar surface area (TPSA) is 135 Å². The van der Waals surface area contributed by atoms with Gasteiger partial charge in [-0.25, -0.2) is 21.6 Å². The van der Waals surface area contributed by atoms with Crippen molar-refractivity contribution < 1.29 is 30.8 Å². The van der Waals surface area contributed by atoms with Crippen molar-refractivity contribution in [3.05, 3.63) is 78.8 Å². The normalized spacial score (nSPS) is 16.3. The minimum absolute atomic E-state index is 0.0705. The first kappa shape index (κ1) is 26.0. The van der Waals surface area contributed by atoms with Crippen molar-refractivity contribution >= 4 is 31.6 Å². The molecule has 2 aromatic carbocycles. The first-order chi connectivity index (χ1) is 17.2. The zero-order chi connectivity index (χ0) is 25.6. The SMILES string of the molecule is O=C(CN(Cc1ccco1)S(=O)(=O)c1ccc(S(=O)(=O)NCC2CCCO2)cc1)Nc1ccccc1. The third-order valence-electron chi connectivity index (χ3n) is 5.59. The summed E-state index contributed by atoms with van der Waals surface area (Å²) < 4.78 is 66.3. The number of anilines is 1. The fourth-order valence-corrected chi connectivity index (χ4v) is 6.14. The van der Waals surface area contributed by atoms with Gasteiger partial charge in [0.25, 0.3) is 0 Å². The Morgan fingerprint density at radius 1 is 0.944 bits per heavy atom. The fourth-order valence-electron chi connectivity index (χ4n) is 3.72. The molecule has 0 saturated carbocycles. The van der Waals surface area contributed by atoms with Gasteiger partial charge < -0.3 is 14.5 Å². The van der Waals surface area contributed by atoms with E-state index in [0.29, 0.717) is 18.1 Å². The number of furan rings is 1. The van der Waals surface area contributed by atoms with E-state index >= 15 is 0 Å². The maximum absolute atomic E-state index is 13.4. The van der Waals surface area contributed by atoms with Crippen molar-refractivity contribution in [2.75, 3.05) is 25.0 Å². The molecule has 0 aliphatic carbocycles. The van der Waals surface area contributed by atoms with Crippen LogP contribution in [-0.2, 0) is 36.1 Å². The summed E-state index contributed by atoms with van der Waals surface area (Å²) in [6.07, 6.45) is 2.91. The van der Waals surface area contributed by atoms with E-state index in [2.05, 4.69) is 10.0 Å². The molecule has 0 radical (unpaired) electrons. The standard InChI is InChI=1S/C24H27N3O7S2/c28-24(26-19-6-2-1-3-7-19)18-27(17-21-9-5-15-34-21)36(31,32)23-12-10-22(11-13-23)35(29,30)25-16-20-8-4-14-33-20/h1-3,5-7,9-13,15,20,25H,4,8,14,16-18H2,(H,26,28). The molecule has 192 valence electrons. The number of hydrogen-bond acceptors (Lipinski definition) is 7. The van der Waals surface area contributed by atoms with E-state index in [1.165, 1.54) is 30.5 Å².